The highest BCUT2D eigenvalue weighted by atomic mass is 16.5. The summed E-state index contributed by atoms with van der Waals surface area (Å²) >= 11 is 0. The Morgan fingerprint density at radius 3 is 1.66 bits per heavy atom. The molecule has 0 aliphatic heterocycles. The maximum Gasteiger partial charge on any atom is 0.305 e. The van der Waals surface area contributed by atoms with Crippen molar-refractivity contribution >= 4 is 11.9 Å². The van der Waals surface area contributed by atoms with Gasteiger partial charge in [-0.3, -0.25) is 9.59 Å². The van der Waals surface area contributed by atoms with Crippen molar-refractivity contribution in [2.45, 2.75) is 84.5 Å². The molecule has 0 N–H and O–H groups in total. The Bertz CT molecular complexity index is 683. The first kappa shape index (κ1) is 24.7. The second kappa shape index (κ2) is 11.6. The van der Waals surface area contributed by atoms with Gasteiger partial charge in [0.1, 0.15) is 0 Å². The molecule has 160 valence electrons. The highest BCUT2D eigenvalue weighted by molar-refractivity contribution is 5.71. The zero-order valence-electron chi connectivity index (χ0n) is 18.7. The molecule has 0 atom stereocenters. The summed E-state index contributed by atoms with van der Waals surface area (Å²) < 4.78 is 10.2. The summed E-state index contributed by atoms with van der Waals surface area (Å²) in [5, 5.41) is 10.4. The molecule has 1 aromatic carbocycles. The summed E-state index contributed by atoms with van der Waals surface area (Å²) in [6.07, 6.45) is 0.888. The Kier molecular flexibility index (Phi) is 9.88. The summed E-state index contributed by atoms with van der Waals surface area (Å²) in [4.78, 5) is 24.2. The molecule has 0 radical (unpaired) electrons. The number of nitriles is 1. The minimum atomic E-state index is -0.958. The lowest BCUT2D eigenvalue weighted by Crippen LogP contribution is -2.30. The largest absolute Gasteiger partial charge is 0.466 e. The predicted molar refractivity (Wildman–Crippen MR) is 114 cm³/mol. The summed E-state index contributed by atoms with van der Waals surface area (Å²) in [5.41, 5.74) is 2.18. The van der Waals surface area contributed by atoms with E-state index in [1.165, 1.54) is 0 Å². The van der Waals surface area contributed by atoms with Gasteiger partial charge in [-0.1, -0.05) is 45.9 Å². The van der Waals surface area contributed by atoms with Gasteiger partial charge in [-0.05, 0) is 55.2 Å². The molecule has 0 bridgehead atoms. The Morgan fingerprint density at radius 2 is 1.34 bits per heavy atom. The van der Waals surface area contributed by atoms with Gasteiger partial charge in [0.25, 0.3) is 0 Å². The second-order valence-corrected chi connectivity index (χ2v) is 7.92. The van der Waals surface area contributed by atoms with E-state index in [2.05, 4.69) is 33.8 Å². The van der Waals surface area contributed by atoms with Crippen molar-refractivity contribution in [3.05, 3.63) is 34.9 Å². The molecule has 0 heterocycles. The Hall–Kier alpha value is -2.35. The van der Waals surface area contributed by atoms with Crippen LogP contribution in [0.2, 0.25) is 0 Å². The van der Waals surface area contributed by atoms with Crippen molar-refractivity contribution in [2.75, 3.05) is 13.2 Å². The molecule has 1 aromatic rings. The minimum Gasteiger partial charge on any atom is -0.466 e. The minimum absolute atomic E-state index is 0.133. The summed E-state index contributed by atoms with van der Waals surface area (Å²) in [6.45, 7) is 12.5. The van der Waals surface area contributed by atoms with E-state index in [1.54, 1.807) is 13.8 Å². The van der Waals surface area contributed by atoms with Crippen LogP contribution in [0.25, 0.3) is 0 Å². The maximum absolute atomic E-state index is 12.1. The van der Waals surface area contributed by atoms with Crippen molar-refractivity contribution in [2.24, 2.45) is 0 Å². The van der Waals surface area contributed by atoms with Crippen molar-refractivity contribution < 1.29 is 19.1 Å². The van der Waals surface area contributed by atoms with E-state index in [4.69, 9.17) is 9.47 Å². The van der Waals surface area contributed by atoms with Crippen LogP contribution in [-0.4, -0.2) is 25.2 Å². The fourth-order valence-electron chi connectivity index (χ4n) is 3.74. The first-order valence-corrected chi connectivity index (χ1v) is 10.6. The third-order valence-electron chi connectivity index (χ3n) is 5.19. The van der Waals surface area contributed by atoms with Crippen LogP contribution in [0, 0.1) is 11.3 Å². The lowest BCUT2D eigenvalue weighted by molar-refractivity contribution is -0.143. The van der Waals surface area contributed by atoms with E-state index in [0.717, 1.165) is 16.7 Å². The van der Waals surface area contributed by atoms with Crippen LogP contribution in [0.15, 0.2) is 18.2 Å². The predicted octanol–water partition coefficient (Wildman–Crippen LogP) is 5.38. The molecule has 0 unspecified atom stereocenters. The molecule has 0 aliphatic rings. The van der Waals surface area contributed by atoms with Gasteiger partial charge < -0.3 is 9.47 Å². The third-order valence-corrected chi connectivity index (χ3v) is 5.19. The molecule has 29 heavy (non-hydrogen) atoms. The van der Waals surface area contributed by atoms with Crippen LogP contribution in [0.5, 0.6) is 0 Å². The molecule has 0 saturated carbocycles. The van der Waals surface area contributed by atoms with Crippen LogP contribution < -0.4 is 0 Å². The number of benzene rings is 1. The van der Waals surface area contributed by atoms with E-state index >= 15 is 0 Å². The zero-order chi connectivity index (χ0) is 22.0. The van der Waals surface area contributed by atoms with Crippen LogP contribution >= 0.6 is 0 Å². The van der Waals surface area contributed by atoms with E-state index in [0.29, 0.717) is 26.1 Å². The van der Waals surface area contributed by atoms with Crippen LogP contribution in [0.4, 0.5) is 0 Å². The van der Waals surface area contributed by atoms with Crippen LogP contribution in [0.1, 0.15) is 95.8 Å². The van der Waals surface area contributed by atoms with Crippen molar-refractivity contribution in [1.29, 1.82) is 5.26 Å². The van der Waals surface area contributed by atoms with Gasteiger partial charge in [0, 0.05) is 12.8 Å². The standard InChI is InChI=1S/C24H35NO4/c1-7-28-21(26)12-14-24(16-25,15-13-22(27)29-8-2)23-19(17(3)4)10-9-11-20(23)18(5)6/h9-11,17-18H,7-8,12-15H2,1-6H3. The molecular weight excluding hydrogens is 366 g/mol. The van der Waals surface area contributed by atoms with E-state index < -0.39 is 5.41 Å². The smallest absolute Gasteiger partial charge is 0.305 e. The highest BCUT2D eigenvalue weighted by Gasteiger charge is 2.38. The normalized spacial score (nSPS) is 11.4. The molecule has 0 aromatic heterocycles. The first-order chi connectivity index (χ1) is 13.7. The Balaban J connectivity index is 3.51. The van der Waals surface area contributed by atoms with Crippen molar-refractivity contribution in [3.8, 4) is 6.07 Å². The lowest BCUT2D eigenvalue weighted by atomic mass is 9.68. The first-order valence-electron chi connectivity index (χ1n) is 10.6. The number of carbonyl (C=O) groups excluding carboxylic acids is 2. The van der Waals surface area contributed by atoms with Gasteiger partial charge in [0.15, 0.2) is 0 Å². The summed E-state index contributed by atoms with van der Waals surface area (Å²) in [5.74, 6) is -0.226. The number of ether oxygens (including phenoxy) is 2. The molecule has 0 saturated heterocycles. The van der Waals surface area contributed by atoms with Crippen LogP contribution in [0.3, 0.4) is 0 Å². The van der Waals surface area contributed by atoms with Gasteiger partial charge in [-0.25, -0.2) is 0 Å². The molecular formula is C24H35NO4. The van der Waals surface area contributed by atoms with Crippen LogP contribution in [-0.2, 0) is 24.5 Å². The monoisotopic (exact) mass is 401 g/mol. The number of carbonyl (C=O) groups is 2. The fourth-order valence-corrected chi connectivity index (χ4v) is 3.74. The third kappa shape index (κ3) is 6.59. The number of esters is 2. The second-order valence-electron chi connectivity index (χ2n) is 7.92. The molecule has 0 amide bonds. The van der Waals surface area contributed by atoms with Gasteiger partial charge in [-0.15, -0.1) is 0 Å². The van der Waals surface area contributed by atoms with Gasteiger partial charge in [-0.2, -0.15) is 5.26 Å². The van der Waals surface area contributed by atoms with Gasteiger partial charge in [0.2, 0.25) is 0 Å². The molecule has 0 aliphatic carbocycles. The lowest BCUT2D eigenvalue weighted by Gasteiger charge is -2.33. The number of hydrogen-bond donors (Lipinski definition) is 0. The number of hydrogen-bond acceptors (Lipinski definition) is 5. The van der Waals surface area contributed by atoms with Gasteiger partial charge in [0.05, 0.1) is 24.7 Å². The van der Waals surface area contributed by atoms with E-state index in [9.17, 15) is 14.9 Å². The average Bonchev–Trinajstić information content (AvgIpc) is 2.68. The zero-order valence-corrected chi connectivity index (χ0v) is 18.7. The highest BCUT2D eigenvalue weighted by Crippen LogP contribution is 2.42. The van der Waals surface area contributed by atoms with E-state index in [1.807, 2.05) is 18.2 Å². The molecule has 0 spiro atoms. The molecule has 5 nitrogen and oxygen atoms in total. The van der Waals surface area contributed by atoms with Crippen molar-refractivity contribution in [3.63, 3.8) is 0 Å². The topological polar surface area (TPSA) is 76.4 Å². The fraction of sp³-hybridized carbons (Fsp3) is 0.625. The molecule has 0 fully saturated rings. The summed E-state index contributed by atoms with van der Waals surface area (Å²) in [6, 6.07) is 8.62. The molecule has 5 heteroatoms. The average molecular weight is 402 g/mol. The Labute approximate surface area is 175 Å². The van der Waals surface area contributed by atoms with Gasteiger partial charge >= 0.3 is 11.9 Å². The quantitative estimate of drug-likeness (QED) is 0.465. The van der Waals surface area contributed by atoms with E-state index in [-0.39, 0.29) is 36.6 Å². The number of nitrogens with zero attached hydrogens (tertiary/aromatic N) is 1. The SMILES string of the molecule is CCOC(=O)CCC(C#N)(CCC(=O)OCC)c1c(C(C)C)cccc1C(C)C. The van der Waals surface area contributed by atoms with Crippen molar-refractivity contribution in [1.82, 2.24) is 0 Å². The Morgan fingerprint density at radius 1 is 0.931 bits per heavy atom. The summed E-state index contributed by atoms with van der Waals surface area (Å²) in [7, 11) is 0. The number of rotatable bonds is 11. The molecule has 1 rings (SSSR count). The maximum atomic E-state index is 12.1.